The average Bonchev–Trinajstić information content (AvgIpc) is 3.42. The van der Waals surface area contributed by atoms with E-state index in [-0.39, 0.29) is 0 Å². The number of oxime groups is 1. The van der Waals surface area contributed by atoms with Crippen molar-refractivity contribution in [1.29, 1.82) is 0 Å². The molecule has 0 amide bonds. The molecule has 1 saturated heterocycles. The van der Waals surface area contributed by atoms with Crippen LogP contribution in [0.4, 0.5) is 0 Å². The summed E-state index contributed by atoms with van der Waals surface area (Å²) in [5.41, 5.74) is 2.38. The predicted octanol–water partition coefficient (Wildman–Crippen LogP) is 6.80. The van der Waals surface area contributed by atoms with Gasteiger partial charge in [0.25, 0.3) is 0 Å². The first-order valence-electron chi connectivity index (χ1n) is 13.3. The first-order valence-corrected chi connectivity index (χ1v) is 13.3. The van der Waals surface area contributed by atoms with Crippen LogP contribution < -0.4 is 4.74 Å². The van der Waals surface area contributed by atoms with E-state index in [2.05, 4.69) is 35.2 Å². The van der Waals surface area contributed by atoms with Crippen LogP contribution in [0.25, 0.3) is 10.8 Å². The summed E-state index contributed by atoms with van der Waals surface area (Å²) in [5.74, 6) is 2.02. The molecule has 1 unspecified atom stereocenters. The number of hydrogen-bond donors (Lipinski definition) is 0. The lowest BCUT2D eigenvalue weighted by atomic mass is 9.87. The van der Waals surface area contributed by atoms with Gasteiger partial charge in [-0.3, -0.25) is 4.90 Å². The lowest BCUT2D eigenvalue weighted by molar-refractivity contribution is 0.0882. The van der Waals surface area contributed by atoms with Crippen LogP contribution in [0.5, 0.6) is 5.75 Å². The van der Waals surface area contributed by atoms with E-state index in [1.165, 1.54) is 93.5 Å². The standard InChI is InChI=1S/C29H40N2O2/c1-32-28-16-15-23-18-25(14-13-24(23)19-28)29(30-33-21-22-8-3-2-4-9-22)26-10-7-17-31(20-26)27-11-5-6-12-27/h13-16,18-19,22,26-27H,2-12,17,20-21H2,1H3/b30-29-. The van der Waals surface area contributed by atoms with E-state index in [0.29, 0.717) is 11.8 Å². The zero-order valence-electron chi connectivity index (χ0n) is 20.3. The van der Waals surface area contributed by atoms with E-state index in [1.807, 2.05) is 6.07 Å². The molecule has 4 heteroatoms. The molecule has 1 aliphatic heterocycles. The van der Waals surface area contributed by atoms with E-state index >= 15 is 0 Å². The number of ether oxygens (including phenoxy) is 1. The maximum atomic E-state index is 6.10. The Labute approximate surface area is 199 Å². The Balaban J connectivity index is 1.39. The first-order chi connectivity index (χ1) is 16.3. The van der Waals surface area contributed by atoms with Crippen LogP contribution in [0.15, 0.2) is 41.6 Å². The second-order valence-corrected chi connectivity index (χ2v) is 10.5. The van der Waals surface area contributed by atoms with Crippen LogP contribution in [0.2, 0.25) is 0 Å². The predicted molar refractivity (Wildman–Crippen MR) is 136 cm³/mol. The monoisotopic (exact) mass is 448 g/mol. The van der Waals surface area contributed by atoms with Crippen molar-refractivity contribution in [2.45, 2.75) is 76.7 Å². The Bertz CT molecular complexity index is 944. The number of nitrogens with zero attached hydrogens (tertiary/aromatic N) is 2. The number of benzene rings is 2. The molecule has 0 aromatic heterocycles. The topological polar surface area (TPSA) is 34.1 Å². The lowest BCUT2D eigenvalue weighted by Crippen LogP contribution is -2.43. The maximum Gasteiger partial charge on any atom is 0.120 e. The van der Waals surface area contributed by atoms with Gasteiger partial charge in [-0.25, -0.2) is 0 Å². The lowest BCUT2D eigenvalue weighted by Gasteiger charge is -2.37. The van der Waals surface area contributed by atoms with Gasteiger partial charge >= 0.3 is 0 Å². The van der Waals surface area contributed by atoms with E-state index < -0.39 is 0 Å². The molecule has 0 bridgehead atoms. The van der Waals surface area contributed by atoms with E-state index in [4.69, 9.17) is 14.7 Å². The molecule has 3 aliphatic rings. The second-order valence-electron chi connectivity index (χ2n) is 10.5. The Kier molecular flexibility index (Phi) is 7.50. The Morgan fingerprint density at radius 1 is 0.879 bits per heavy atom. The van der Waals surface area contributed by atoms with E-state index in [1.54, 1.807) is 7.11 Å². The molecule has 0 spiro atoms. The Morgan fingerprint density at radius 2 is 1.64 bits per heavy atom. The molecule has 4 nitrogen and oxygen atoms in total. The van der Waals surface area contributed by atoms with Crippen molar-refractivity contribution in [3.8, 4) is 5.75 Å². The Morgan fingerprint density at radius 3 is 2.45 bits per heavy atom. The Hall–Kier alpha value is -2.07. The summed E-state index contributed by atoms with van der Waals surface area (Å²) in [7, 11) is 1.73. The highest BCUT2D eigenvalue weighted by Crippen LogP contribution is 2.31. The van der Waals surface area contributed by atoms with Gasteiger partial charge in [0.2, 0.25) is 0 Å². The molecule has 2 aliphatic carbocycles. The summed E-state index contributed by atoms with van der Waals surface area (Å²) < 4.78 is 5.42. The van der Waals surface area contributed by atoms with Crippen molar-refractivity contribution in [3.63, 3.8) is 0 Å². The fraction of sp³-hybridized carbons (Fsp3) is 0.621. The third-order valence-corrected chi connectivity index (χ3v) is 8.22. The van der Waals surface area contributed by atoms with Crippen molar-refractivity contribution >= 4 is 16.5 Å². The number of methoxy groups -OCH3 is 1. The van der Waals surface area contributed by atoms with Crippen molar-refractivity contribution in [2.24, 2.45) is 17.0 Å². The van der Waals surface area contributed by atoms with Crippen LogP contribution in [0.3, 0.4) is 0 Å². The summed E-state index contributed by atoms with van der Waals surface area (Å²) in [6.45, 7) is 3.14. The molecule has 3 fully saturated rings. The van der Waals surface area contributed by atoms with E-state index in [0.717, 1.165) is 30.7 Å². The number of likely N-dealkylation sites (tertiary alicyclic amines) is 1. The molecular weight excluding hydrogens is 408 g/mol. The molecule has 0 radical (unpaired) electrons. The van der Waals surface area contributed by atoms with E-state index in [9.17, 15) is 0 Å². The quantitative estimate of drug-likeness (QED) is 0.345. The SMILES string of the molecule is COc1ccc2cc(/C(=N/OCC3CCCCC3)C3CCCN(C4CCCC4)C3)ccc2c1. The highest BCUT2D eigenvalue weighted by Gasteiger charge is 2.31. The number of hydrogen-bond acceptors (Lipinski definition) is 4. The van der Waals surface area contributed by atoms with Gasteiger partial charge in [-0.1, -0.05) is 55.5 Å². The van der Waals surface area contributed by atoms with Crippen molar-refractivity contribution in [3.05, 3.63) is 42.0 Å². The summed E-state index contributed by atoms with van der Waals surface area (Å²) in [4.78, 5) is 8.86. The third kappa shape index (κ3) is 5.54. The smallest absolute Gasteiger partial charge is 0.120 e. The normalized spacial score (nSPS) is 23.8. The number of rotatable bonds is 7. The zero-order valence-corrected chi connectivity index (χ0v) is 20.3. The first kappa shape index (κ1) is 22.7. The van der Waals surface area contributed by atoms with Crippen LogP contribution in [-0.4, -0.2) is 43.5 Å². The minimum atomic E-state index is 0.446. The van der Waals surface area contributed by atoms with Crippen molar-refractivity contribution in [1.82, 2.24) is 4.90 Å². The number of fused-ring (bicyclic) bond motifs is 1. The van der Waals surface area contributed by atoms with Gasteiger partial charge < -0.3 is 9.57 Å². The summed E-state index contributed by atoms with van der Waals surface area (Å²) >= 11 is 0. The third-order valence-electron chi connectivity index (χ3n) is 8.22. The van der Waals surface area contributed by atoms with Crippen LogP contribution >= 0.6 is 0 Å². The van der Waals surface area contributed by atoms with Gasteiger partial charge in [0, 0.05) is 24.1 Å². The fourth-order valence-corrected chi connectivity index (χ4v) is 6.27. The molecule has 0 N–H and O–H groups in total. The number of piperidine rings is 1. The summed E-state index contributed by atoms with van der Waals surface area (Å²) in [6.07, 6.45) is 14.6. The van der Waals surface area contributed by atoms with Gasteiger partial charge in [0.05, 0.1) is 12.8 Å². The molecule has 33 heavy (non-hydrogen) atoms. The zero-order chi connectivity index (χ0) is 22.5. The highest BCUT2D eigenvalue weighted by molar-refractivity contribution is 6.04. The highest BCUT2D eigenvalue weighted by atomic mass is 16.6. The van der Waals surface area contributed by atoms with Crippen LogP contribution in [0.1, 0.15) is 76.2 Å². The molecule has 178 valence electrons. The largest absolute Gasteiger partial charge is 0.497 e. The fourth-order valence-electron chi connectivity index (χ4n) is 6.27. The van der Waals surface area contributed by atoms with Gasteiger partial charge in [0.15, 0.2) is 0 Å². The van der Waals surface area contributed by atoms with Gasteiger partial charge in [-0.2, -0.15) is 0 Å². The molecule has 2 aromatic rings. The van der Waals surface area contributed by atoms with Crippen LogP contribution in [0, 0.1) is 11.8 Å². The summed E-state index contributed by atoms with van der Waals surface area (Å²) in [5, 5.41) is 7.32. The van der Waals surface area contributed by atoms with Crippen LogP contribution in [-0.2, 0) is 4.84 Å². The molecule has 1 heterocycles. The van der Waals surface area contributed by atoms with Gasteiger partial charge in [-0.05, 0) is 80.0 Å². The molecular formula is C29H40N2O2. The van der Waals surface area contributed by atoms with Crippen molar-refractivity contribution in [2.75, 3.05) is 26.8 Å². The minimum absolute atomic E-state index is 0.446. The molecule has 2 aromatic carbocycles. The maximum absolute atomic E-state index is 6.10. The van der Waals surface area contributed by atoms with Gasteiger partial charge in [0.1, 0.15) is 12.4 Å². The second kappa shape index (κ2) is 10.9. The molecule has 2 saturated carbocycles. The molecule has 5 rings (SSSR count). The van der Waals surface area contributed by atoms with Crippen molar-refractivity contribution < 1.29 is 9.57 Å². The minimum Gasteiger partial charge on any atom is -0.497 e. The van der Waals surface area contributed by atoms with Gasteiger partial charge in [-0.15, -0.1) is 0 Å². The molecule has 1 atom stereocenters. The average molecular weight is 449 g/mol. The summed E-state index contributed by atoms with van der Waals surface area (Å²) in [6, 6.07) is 13.8.